The van der Waals surface area contributed by atoms with Gasteiger partial charge < -0.3 is 16.0 Å². The van der Waals surface area contributed by atoms with Crippen molar-refractivity contribution in [1.29, 1.82) is 0 Å². The Kier molecular flexibility index (Phi) is 6.05. The van der Waals surface area contributed by atoms with Gasteiger partial charge in [-0.15, -0.1) is 11.3 Å². The summed E-state index contributed by atoms with van der Waals surface area (Å²) in [7, 11) is 1.56. The number of hydrogen-bond donors (Lipinski definition) is 3. The van der Waals surface area contributed by atoms with Crippen molar-refractivity contribution in [3.8, 4) is 0 Å². The molecule has 138 valence electrons. The molecule has 27 heavy (non-hydrogen) atoms. The zero-order chi connectivity index (χ0) is 19.2. The van der Waals surface area contributed by atoms with Gasteiger partial charge in [0.25, 0.3) is 11.8 Å². The lowest BCUT2D eigenvalue weighted by molar-refractivity contribution is 0.0957. The molecule has 1 aromatic carbocycles. The molecule has 0 saturated heterocycles. The van der Waals surface area contributed by atoms with Crippen LogP contribution < -0.4 is 16.0 Å². The van der Waals surface area contributed by atoms with Gasteiger partial charge in [-0.05, 0) is 53.4 Å². The van der Waals surface area contributed by atoms with Crippen LogP contribution in [0, 0.1) is 0 Å². The van der Waals surface area contributed by atoms with E-state index in [1.54, 1.807) is 43.6 Å². The maximum atomic E-state index is 12.5. The Bertz CT molecular complexity index is 956. The number of amides is 2. The molecule has 0 radical (unpaired) electrons. The lowest BCUT2D eigenvalue weighted by Gasteiger charge is -2.09. The molecule has 3 aromatic rings. The van der Waals surface area contributed by atoms with E-state index in [2.05, 4.69) is 20.9 Å². The standard InChI is InChI=1S/C19H17ClN4O2S/c1-21-18(25)16-10-12(6-8-22-16)11-23-15-7-9-27-17(15)19(26)24-14-4-2-13(20)3-5-14/h2-10,23H,11H2,1H3,(H,21,25)(H,24,26). The zero-order valence-electron chi connectivity index (χ0n) is 14.5. The lowest BCUT2D eigenvalue weighted by Crippen LogP contribution is -2.19. The van der Waals surface area contributed by atoms with Crippen LogP contribution in [0.1, 0.15) is 25.7 Å². The minimum atomic E-state index is -0.240. The van der Waals surface area contributed by atoms with Crippen LogP contribution in [0.25, 0.3) is 0 Å². The first-order chi connectivity index (χ1) is 13.1. The number of benzene rings is 1. The van der Waals surface area contributed by atoms with Crippen molar-refractivity contribution < 1.29 is 9.59 Å². The SMILES string of the molecule is CNC(=O)c1cc(CNc2ccsc2C(=O)Nc2ccc(Cl)cc2)ccn1. The molecule has 2 heterocycles. The predicted octanol–water partition coefficient (Wildman–Crippen LogP) is 4.02. The number of aromatic nitrogens is 1. The molecule has 2 amide bonds. The van der Waals surface area contributed by atoms with E-state index in [0.29, 0.717) is 27.8 Å². The van der Waals surface area contributed by atoms with Crippen molar-refractivity contribution in [3.63, 3.8) is 0 Å². The number of nitrogens with zero attached hydrogens (tertiary/aromatic N) is 1. The summed E-state index contributed by atoms with van der Waals surface area (Å²) < 4.78 is 0. The van der Waals surface area contributed by atoms with E-state index in [-0.39, 0.29) is 11.8 Å². The predicted molar refractivity (Wildman–Crippen MR) is 109 cm³/mol. The van der Waals surface area contributed by atoms with Gasteiger partial charge in [0.05, 0.1) is 5.69 Å². The average molecular weight is 401 g/mol. The number of thiophene rings is 1. The Labute approximate surface area is 165 Å². The molecule has 2 aromatic heterocycles. The topological polar surface area (TPSA) is 83.1 Å². The number of rotatable bonds is 6. The third-order valence-corrected chi connectivity index (χ3v) is 4.91. The van der Waals surface area contributed by atoms with E-state index < -0.39 is 0 Å². The fourth-order valence-corrected chi connectivity index (χ4v) is 3.27. The van der Waals surface area contributed by atoms with Crippen molar-refractivity contribution >= 4 is 46.1 Å². The largest absolute Gasteiger partial charge is 0.380 e. The van der Waals surface area contributed by atoms with Gasteiger partial charge in [0.2, 0.25) is 0 Å². The first-order valence-electron chi connectivity index (χ1n) is 8.12. The third kappa shape index (κ3) is 4.84. The van der Waals surface area contributed by atoms with Crippen molar-refractivity contribution in [2.75, 3.05) is 17.7 Å². The minimum absolute atomic E-state index is 0.199. The molecule has 0 aliphatic heterocycles. The van der Waals surface area contributed by atoms with Gasteiger partial charge in [-0.1, -0.05) is 11.6 Å². The van der Waals surface area contributed by atoms with E-state index in [1.807, 2.05) is 17.5 Å². The maximum Gasteiger partial charge on any atom is 0.269 e. The summed E-state index contributed by atoms with van der Waals surface area (Å²) in [6, 6.07) is 12.3. The van der Waals surface area contributed by atoms with Gasteiger partial charge in [0.1, 0.15) is 10.6 Å². The zero-order valence-corrected chi connectivity index (χ0v) is 16.0. The number of hydrogen-bond acceptors (Lipinski definition) is 5. The molecule has 6 nitrogen and oxygen atoms in total. The first-order valence-corrected chi connectivity index (χ1v) is 9.38. The smallest absolute Gasteiger partial charge is 0.269 e. The second kappa shape index (κ2) is 8.66. The van der Waals surface area contributed by atoms with E-state index in [1.165, 1.54) is 11.3 Å². The number of carbonyl (C=O) groups excluding carboxylic acids is 2. The highest BCUT2D eigenvalue weighted by atomic mass is 35.5. The Hall–Kier alpha value is -2.90. The van der Waals surface area contributed by atoms with Gasteiger partial charge in [-0.3, -0.25) is 14.6 Å². The van der Waals surface area contributed by atoms with Gasteiger partial charge in [0, 0.05) is 30.5 Å². The summed E-state index contributed by atoms with van der Waals surface area (Å²) in [5, 5.41) is 11.1. The van der Waals surface area contributed by atoms with Gasteiger partial charge >= 0.3 is 0 Å². The fourth-order valence-electron chi connectivity index (χ4n) is 2.38. The second-order valence-electron chi connectivity index (χ2n) is 5.61. The van der Waals surface area contributed by atoms with E-state index in [4.69, 9.17) is 11.6 Å². The lowest BCUT2D eigenvalue weighted by atomic mass is 10.2. The van der Waals surface area contributed by atoms with Crippen molar-refractivity contribution in [3.05, 3.63) is 75.2 Å². The summed E-state index contributed by atoms with van der Waals surface area (Å²) >= 11 is 7.21. The third-order valence-electron chi connectivity index (χ3n) is 3.74. The van der Waals surface area contributed by atoms with Crippen LogP contribution >= 0.6 is 22.9 Å². The van der Waals surface area contributed by atoms with Crippen LogP contribution in [0.3, 0.4) is 0 Å². The normalized spacial score (nSPS) is 10.3. The quantitative estimate of drug-likeness (QED) is 0.583. The molecular weight excluding hydrogens is 384 g/mol. The van der Waals surface area contributed by atoms with E-state index >= 15 is 0 Å². The highest BCUT2D eigenvalue weighted by molar-refractivity contribution is 7.12. The second-order valence-corrected chi connectivity index (χ2v) is 6.96. The molecule has 0 unspecified atom stereocenters. The fraction of sp³-hybridized carbons (Fsp3) is 0.105. The molecule has 8 heteroatoms. The molecule has 0 atom stereocenters. The molecule has 0 bridgehead atoms. The van der Waals surface area contributed by atoms with Crippen molar-refractivity contribution in [2.24, 2.45) is 0 Å². The number of carbonyl (C=O) groups is 2. The monoisotopic (exact) mass is 400 g/mol. The van der Waals surface area contributed by atoms with Crippen molar-refractivity contribution in [2.45, 2.75) is 6.54 Å². The average Bonchev–Trinajstić information content (AvgIpc) is 3.16. The first kappa shape index (κ1) is 18.9. The van der Waals surface area contributed by atoms with Crippen molar-refractivity contribution in [1.82, 2.24) is 10.3 Å². The number of anilines is 2. The maximum absolute atomic E-state index is 12.5. The highest BCUT2D eigenvalue weighted by Crippen LogP contribution is 2.24. The van der Waals surface area contributed by atoms with Crippen LogP contribution in [0.5, 0.6) is 0 Å². The van der Waals surface area contributed by atoms with Crippen LogP contribution in [0.15, 0.2) is 54.0 Å². The molecule has 0 spiro atoms. The van der Waals surface area contributed by atoms with Gasteiger partial charge in [-0.25, -0.2) is 0 Å². The molecule has 0 aliphatic rings. The Morgan fingerprint density at radius 3 is 2.63 bits per heavy atom. The van der Waals surface area contributed by atoms with Crippen LogP contribution in [0.2, 0.25) is 5.02 Å². The molecule has 0 fully saturated rings. The number of halogens is 1. The molecule has 3 rings (SSSR count). The van der Waals surface area contributed by atoms with E-state index in [9.17, 15) is 9.59 Å². The Morgan fingerprint density at radius 2 is 1.89 bits per heavy atom. The summed E-state index contributed by atoms with van der Waals surface area (Å²) in [6.07, 6.45) is 1.59. The minimum Gasteiger partial charge on any atom is -0.380 e. The molecule has 0 aliphatic carbocycles. The summed E-state index contributed by atoms with van der Waals surface area (Å²) in [4.78, 5) is 28.8. The number of nitrogens with one attached hydrogen (secondary N) is 3. The Balaban J connectivity index is 1.67. The molecule has 3 N–H and O–H groups in total. The summed E-state index contributed by atoms with van der Waals surface area (Å²) in [5.41, 5.74) is 2.64. The summed E-state index contributed by atoms with van der Waals surface area (Å²) in [6.45, 7) is 0.463. The van der Waals surface area contributed by atoms with Crippen LogP contribution in [-0.4, -0.2) is 23.8 Å². The highest BCUT2D eigenvalue weighted by Gasteiger charge is 2.14. The van der Waals surface area contributed by atoms with Gasteiger partial charge in [-0.2, -0.15) is 0 Å². The number of pyridine rings is 1. The Morgan fingerprint density at radius 1 is 1.11 bits per heavy atom. The molecular formula is C19H17ClN4O2S. The van der Waals surface area contributed by atoms with E-state index in [0.717, 1.165) is 11.3 Å². The summed E-state index contributed by atoms with van der Waals surface area (Å²) in [5.74, 6) is -0.439. The molecule has 0 saturated carbocycles. The van der Waals surface area contributed by atoms with Crippen LogP contribution in [-0.2, 0) is 6.54 Å². The van der Waals surface area contributed by atoms with Gasteiger partial charge in [0.15, 0.2) is 0 Å². The van der Waals surface area contributed by atoms with Crippen LogP contribution in [0.4, 0.5) is 11.4 Å².